The Labute approximate surface area is 159 Å². The molecule has 1 N–H and O–H groups in total. The van der Waals surface area contributed by atoms with Crippen molar-refractivity contribution in [3.8, 4) is 0 Å². The minimum atomic E-state index is 0. The molecule has 1 spiro atoms. The third kappa shape index (κ3) is 4.57. The molecule has 3 nitrogen and oxygen atoms in total. The Morgan fingerprint density at radius 3 is 2.56 bits per heavy atom. The van der Waals surface area contributed by atoms with Crippen LogP contribution in [-0.2, 0) is 6.54 Å². The van der Waals surface area contributed by atoms with E-state index in [0.29, 0.717) is 10.8 Å². The Kier molecular flexibility index (Phi) is 6.10. The molecule has 1 aromatic carbocycles. The number of hydrogen-bond acceptors (Lipinski definition) is 3. The van der Waals surface area contributed by atoms with Gasteiger partial charge in [-0.1, -0.05) is 37.3 Å². The smallest absolute Gasteiger partial charge is 0.0233 e. The molecule has 3 heterocycles. The van der Waals surface area contributed by atoms with E-state index in [-0.39, 0.29) is 12.4 Å². The van der Waals surface area contributed by atoms with E-state index in [4.69, 9.17) is 0 Å². The van der Waals surface area contributed by atoms with Crippen LogP contribution in [0.15, 0.2) is 30.3 Å². The second-order valence-corrected chi connectivity index (χ2v) is 9.00. The van der Waals surface area contributed by atoms with E-state index in [1.165, 1.54) is 77.1 Å². The third-order valence-electron chi connectivity index (χ3n) is 6.57. The van der Waals surface area contributed by atoms with Gasteiger partial charge in [-0.2, -0.15) is 0 Å². The highest BCUT2D eigenvalue weighted by atomic mass is 35.5. The van der Waals surface area contributed by atoms with Crippen molar-refractivity contribution in [1.82, 2.24) is 15.1 Å². The zero-order valence-electron chi connectivity index (χ0n) is 15.7. The second kappa shape index (κ2) is 7.96. The highest BCUT2D eigenvalue weighted by Gasteiger charge is 2.43. The molecule has 0 aliphatic carbocycles. The van der Waals surface area contributed by atoms with Crippen molar-refractivity contribution in [1.29, 1.82) is 0 Å². The minimum Gasteiger partial charge on any atom is -0.316 e. The summed E-state index contributed by atoms with van der Waals surface area (Å²) in [6, 6.07) is 11.0. The normalized spacial score (nSPS) is 33.6. The van der Waals surface area contributed by atoms with E-state index in [1.807, 2.05) is 0 Å². The number of nitrogens with zero attached hydrogens (tertiary/aromatic N) is 2. The molecule has 0 radical (unpaired) electrons. The SMILES string of the molecule is CC1(CN2CCC3(CCCN(Cc4ccccc4)C3)C2)CCNC1.Cl. The quantitative estimate of drug-likeness (QED) is 0.884. The van der Waals surface area contributed by atoms with Crippen LogP contribution in [0, 0.1) is 10.8 Å². The predicted octanol–water partition coefficient (Wildman–Crippen LogP) is 3.40. The molecule has 25 heavy (non-hydrogen) atoms. The fraction of sp³-hybridized carbons (Fsp3) is 0.714. The van der Waals surface area contributed by atoms with E-state index >= 15 is 0 Å². The number of nitrogens with one attached hydrogen (secondary N) is 1. The van der Waals surface area contributed by atoms with Crippen molar-refractivity contribution < 1.29 is 0 Å². The summed E-state index contributed by atoms with van der Waals surface area (Å²) in [5.41, 5.74) is 2.54. The van der Waals surface area contributed by atoms with Crippen LogP contribution in [0.5, 0.6) is 0 Å². The summed E-state index contributed by atoms with van der Waals surface area (Å²) in [4.78, 5) is 5.49. The molecular formula is C21H34ClN3. The molecular weight excluding hydrogens is 330 g/mol. The van der Waals surface area contributed by atoms with E-state index in [9.17, 15) is 0 Å². The van der Waals surface area contributed by atoms with Crippen molar-refractivity contribution in [2.45, 2.75) is 39.2 Å². The molecule has 0 amide bonds. The van der Waals surface area contributed by atoms with E-state index in [0.717, 1.165) is 6.54 Å². The lowest BCUT2D eigenvalue weighted by atomic mass is 9.79. The zero-order valence-corrected chi connectivity index (χ0v) is 16.5. The Balaban J connectivity index is 0.00000182. The molecule has 2 atom stereocenters. The Bertz CT molecular complexity index is 543. The standard InChI is InChI=1S/C21H33N3.ClH/c1-20(9-11-22-15-20)16-24-13-10-21(18-24)8-5-12-23(17-21)14-19-6-3-2-4-7-19;/h2-4,6-7,22H,5,8-18H2,1H3;1H. The summed E-state index contributed by atoms with van der Waals surface area (Å²) in [5.74, 6) is 0. The Morgan fingerprint density at radius 2 is 1.80 bits per heavy atom. The van der Waals surface area contributed by atoms with Gasteiger partial charge in [-0.15, -0.1) is 12.4 Å². The number of halogens is 1. The molecule has 1 aromatic rings. The molecule has 3 aliphatic rings. The van der Waals surface area contributed by atoms with Crippen LogP contribution < -0.4 is 5.32 Å². The first-order valence-electron chi connectivity index (χ1n) is 9.84. The monoisotopic (exact) mass is 363 g/mol. The fourth-order valence-electron chi connectivity index (χ4n) is 5.33. The van der Waals surface area contributed by atoms with Crippen molar-refractivity contribution in [3.63, 3.8) is 0 Å². The predicted molar refractivity (Wildman–Crippen MR) is 107 cm³/mol. The number of benzene rings is 1. The van der Waals surface area contributed by atoms with Crippen LogP contribution in [0.4, 0.5) is 0 Å². The highest BCUT2D eigenvalue weighted by molar-refractivity contribution is 5.85. The lowest BCUT2D eigenvalue weighted by Gasteiger charge is -2.41. The molecule has 0 saturated carbocycles. The van der Waals surface area contributed by atoms with Gasteiger partial charge in [0, 0.05) is 32.7 Å². The molecule has 140 valence electrons. The van der Waals surface area contributed by atoms with Gasteiger partial charge in [0.15, 0.2) is 0 Å². The van der Waals surface area contributed by atoms with Crippen LogP contribution in [-0.4, -0.2) is 55.6 Å². The van der Waals surface area contributed by atoms with Crippen molar-refractivity contribution in [3.05, 3.63) is 35.9 Å². The van der Waals surface area contributed by atoms with Gasteiger partial charge in [0.2, 0.25) is 0 Å². The van der Waals surface area contributed by atoms with Gasteiger partial charge in [-0.05, 0) is 61.7 Å². The maximum absolute atomic E-state index is 3.56. The van der Waals surface area contributed by atoms with Gasteiger partial charge in [0.1, 0.15) is 0 Å². The Hall–Kier alpha value is -0.610. The lowest BCUT2D eigenvalue weighted by Crippen LogP contribution is -2.45. The number of likely N-dealkylation sites (tertiary alicyclic amines) is 2. The molecule has 3 aliphatic heterocycles. The minimum absolute atomic E-state index is 0. The average molecular weight is 364 g/mol. The van der Waals surface area contributed by atoms with Crippen LogP contribution in [0.2, 0.25) is 0 Å². The van der Waals surface area contributed by atoms with Crippen molar-refractivity contribution in [2.75, 3.05) is 45.8 Å². The summed E-state index contributed by atoms with van der Waals surface area (Å²) < 4.78 is 0. The molecule has 4 rings (SSSR count). The Morgan fingerprint density at radius 1 is 1.00 bits per heavy atom. The van der Waals surface area contributed by atoms with E-state index < -0.39 is 0 Å². The maximum Gasteiger partial charge on any atom is 0.0233 e. The first-order chi connectivity index (χ1) is 11.6. The van der Waals surface area contributed by atoms with Crippen LogP contribution in [0.3, 0.4) is 0 Å². The van der Waals surface area contributed by atoms with Crippen molar-refractivity contribution >= 4 is 12.4 Å². The largest absolute Gasteiger partial charge is 0.316 e. The lowest BCUT2D eigenvalue weighted by molar-refractivity contribution is 0.0820. The van der Waals surface area contributed by atoms with Gasteiger partial charge in [0.25, 0.3) is 0 Å². The summed E-state index contributed by atoms with van der Waals surface area (Å²) in [7, 11) is 0. The molecule has 0 aromatic heterocycles. The third-order valence-corrected chi connectivity index (χ3v) is 6.57. The number of hydrogen-bond donors (Lipinski definition) is 1. The van der Waals surface area contributed by atoms with Crippen LogP contribution in [0.25, 0.3) is 0 Å². The molecule has 0 bridgehead atoms. The molecule has 3 fully saturated rings. The summed E-state index contributed by atoms with van der Waals surface area (Å²) in [5, 5.41) is 3.56. The molecule has 3 saturated heterocycles. The first-order valence-corrected chi connectivity index (χ1v) is 9.84. The van der Waals surface area contributed by atoms with Crippen LogP contribution >= 0.6 is 12.4 Å². The average Bonchev–Trinajstić information content (AvgIpc) is 3.16. The fourth-order valence-corrected chi connectivity index (χ4v) is 5.33. The highest BCUT2D eigenvalue weighted by Crippen LogP contribution is 2.40. The first kappa shape index (κ1) is 19.2. The second-order valence-electron chi connectivity index (χ2n) is 9.00. The van der Waals surface area contributed by atoms with Gasteiger partial charge >= 0.3 is 0 Å². The maximum atomic E-state index is 3.56. The number of piperidine rings is 1. The summed E-state index contributed by atoms with van der Waals surface area (Å²) >= 11 is 0. The number of rotatable bonds is 4. The van der Waals surface area contributed by atoms with Gasteiger partial charge in [-0.3, -0.25) is 4.90 Å². The molecule has 4 heteroatoms. The molecule has 2 unspecified atom stereocenters. The van der Waals surface area contributed by atoms with E-state index in [1.54, 1.807) is 0 Å². The van der Waals surface area contributed by atoms with Gasteiger partial charge in [0.05, 0.1) is 0 Å². The van der Waals surface area contributed by atoms with E-state index in [2.05, 4.69) is 52.4 Å². The summed E-state index contributed by atoms with van der Waals surface area (Å²) in [6.45, 7) is 12.5. The summed E-state index contributed by atoms with van der Waals surface area (Å²) in [6.07, 6.45) is 5.56. The zero-order chi connectivity index (χ0) is 16.5. The van der Waals surface area contributed by atoms with Gasteiger partial charge < -0.3 is 10.2 Å². The van der Waals surface area contributed by atoms with Gasteiger partial charge in [-0.25, -0.2) is 0 Å². The van der Waals surface area contributed by atoms with Crippen LogP contribution in [0.1, 0.15) is 38.2 Å². The topological polar surface area (TPSA) is 18.5 Å². The van der Waals surface area contributed by atoms with Crippen molar-refractivity contribution in [2.24, 2.45) is 10.8 Å².